The molecule has 7 heteroatoms. The van der Waals surface area contributed by atoms with Gasteiger partial charge in [0.1, 0.15) is 0 Å². The molecule has 0 unspecified atom stereocenters. The van der Waals surface area contributed by atoms with Crippen LogP contribution in [0, 0.1) is 0 Å². The van der Waals surface area contributed by atoms with Crippen molar-refractivity contribution < 1.29 is 19.1 Å². The minimum atomic E-state index is -0.296. The van der Waals surface area contributed by atoms with Crippen LogP contribution >= 0.6 is 11.6 Å². The van der Waals surface area contributed by atoms with Crippen molar-refractivity contribution in [1.29, 1.82) is 0 Å². The van der Waals surface area contributed by atoms with Gasteiger partial charge >= 0.3 is 0 Å². The van der Waals surface area contributed by atoms with E-state index in [1.807, 2.05) is 19.9 Å². The minimum absolute atomic E-state index is 0.177. The fourth-order valence-corrected chi connectivity index (χ4v) is 2.82. The molecule has 0 aliphatic rings. The Bertz CT molecular complexity index is 839. The summed E-state index contributed by atoms with van der Waals surface area (Å²) < 4.78 is 11.2. The molecule has 0 bridgehead atoms. The van der Waals surface area contributed by atoms with Crippen LogP contribution in [-0.2, 0) is 6.54 Å². The average Bonchev–Trinajstić information content (AvgIpc) is 2.71. The molecule has 28 heavy (non-hydrogen) atoms. The Hall–Kier alpha value is -2.73. The topological polar surface area (TPSA) is 76.7 Å². The number of hydrogen-bond donors (Lipinski definition) is 2. The molecular formula is C21H25ClN2O4. The lowest BCUT2D eigenvalue weighted by molar-refractivity contribution is 0.0948. The summed E-state index contributed by atoms with van der Waals surface area (Å²) in [6, 6.07) is 10.2. The number of carbonyl (C=O) groups excluding carboxylic acids is 2. The molecule has 2 N–H and O–H groups in total. The van der Waals surface area contributed by atoms with Crippen LogP contribution in [0.1, 0.15) is 46.5 Å². The monoisotopic (exact) mass is 404 g/mol. The van der Waals surface area contributed by atoms with Crippen LogP contribution in [0.3, 0.4) is 0 Å². The summed E-state index contributed by atoms with van der Waals surface area (Å²) in [6.45, 7) is 5.06. The summed E-state index contributed by atoms with van der Waals surface area (Å²) in [4.78, 5) is 24.3. The number of benzene rings is 2. The van der Waals surface area contributed by atoms with Crippen LogP contribution in [0.5, 0.6) is 11.5 Å². The smallest absolute Gasteiger partial charge is 0.251 e. The number of hydrogen-bond acceptors (Lipinski definition) is 4. The second-order valence-electron chi connectivity index (χ2n) is 6.03. The Balaban J connectivity index is 2.14. The first-order valence-corrected chi connectivity index (χ1v) is 9.56. The maximum absolute atomic E-state index is 12.6. The maximum Gasteiger partial charge on any atom is 0.251 e. The van der Waals surface area contributed by atoms with Gasteiger partial charge < -0.3 is 20.1 Å². The lowest BCUT2D eigenvalue weighted by Crippen LogP contribution is -2.23. The van der Waals surface area contributed by atoms with Gasteiger partial charge in [0.25, 0.3) is 11.8 Å². The van der Waals surface area contributed by atoms with Gasteiger partial charge in [0.2, 0.25) is 0 Å². The number of halogens is 1. The first kappa shape index (κ1) is 21.6. The van der Waals surface area contributed by atoms with Gasteiger partial charge in [0.15, 0.2) is 11.5 Å². The predicted molar refractivity (Wildman–Crippen MR) is 109 cm³/mol. The molecule has 0 radical (unpaired) electrons. The van der Waals surface area contributed by atoms with Gasteiger partial charge in [-0.15, -0.1) is 0 Å². The minimum Gasteiger partial charge on any atom is -0.490 e. The molecule has 2 rings (SSSR count). The average molecular weight is 405 g/mol. The molecule has 0 heterocycles. The van der Waals surface area contributed by atoms with Gasteiger partial charge in [-0.1, -0.05) is 30.7 Å². The molecule has 6 nitrogen and oxygen atoms in total. The first-order chi connectivity index (χ1) is 13.5. The largest absolute Gasteiger partial charge is 0.490 e. The van der Waals surface area contributed by atoms with Gasteiger partial charge in [0, 0.05) is 24.7 Å². The van der Waals surface area contributed by atoms with E-state index in [0.29, 0.717) is 40.9 Å². The van der Waals surface area contributed by atoms with Crippen molar-refractivity contribution in [2.24, 2.45) is 0 Å². The molecule has 0 aliphatic heterocycles. The summed E-state index contributed by atoms with van der Waals surface area (Å²) in [6.07, 6.45) is 0.833. The Kier molecular flexibility index (Phi) is 8.14. The number of carbonyl (C=O) groups is 2. The van der Waals surface area contributed by atoms with E-state index in [-0.39, 0.29) is 18.4 Å². The predicted octanol–water partition coefficient (Wildman–Crippen LogP) is 3.82. The third kappa shape index (κ3) is 5.63. The normalized spacial score (nSPS) is 10.3. The van der Waals surface area contributed by atoms with E-state index in [1.165, 1.54) is 0 Å². The molecule has 2 aromatic carbocycles. The molecular weight excluding hydrogens is 380 g/mol. The van der Waals surface area contributed by atoms with Gasteiger partial charge in [0.05, 0.1) is 18.2 Å². The summed E-state index contributed by atoms with van der Waals surface area (Å²) >= 11 is 6.31. The van der Waals surface area contributed by atoms with E-state index in [9.17, 15) is 9.59 Å². The highest BCUT2D eigenvalue weighted by Crippen LogP contribution is 2.36. The maximum atomic E-state index is 12.6. The summed E-state index contributed by atoms with van der Waals surface area (Å²) in [5.41, 5.74) is 1.72. The van der Waals surface area contributed by atoms with Crippen LogP contribution in [0.2, 0.25) is 5.02 Å². The summed E-state index contributed by atoms with van der Waals surface area (Å²) in [5, 5.41) is 5.73. The zero-order chi connectivity index (χ0) is 20.5. The molecule has 0 saturated carbocycles. The summed E-state index contributed by atoms with van der Waals surface area (Å²) in [7, 11) is 1.57. The van der Waals surface area contributed by atoms with Crippen molar-refractivity contribution in [2.45, 2.75) is 26.8 Å². The van der Waals surface area contributed by atoms with Crippen molar-refractivity contribution in [3.05, 3.63) is 58.1 Å². The molecule has 0 saturated heterocycles. The number of rotatable bonds is 9. The SMILES string of the molecule is CCCOc1c(Cl)cc(C(=O)NCc2cccc(C(=O)NC)c2)cc1OCC. The van der Waals surface area contributed by atoms with Gasteiger partial charge in [-0.05, 0) is 43.2 Å². The quantitative estimate of drug-likeness (QED) is 0.666. The van der Waals surface area contributed by atoms with E-state index >= 15 is 0 Å². The van der Waals surface area contributed by atoms with Crippen molar-refractivity contribution in [2.75, 3.05) is 20.3 Å². The van der Waals surface area contributed by atoms with Crippen LogP contribution in [-0.4, -0.2) is 32.1 Å². The lowest BCUT2D eigenvalue weighted by atomic mass is 10.1. The second kappa shape index (κ2) is 10.6. The van der Waals surface area contributed by atoms with Gasteiger partial charge in [-0.2, -0.15) is 0 Å². The molecule has 0 atom stereocenters. The molecule has 2 amide bonds. The number of nitrogens with one attached hydrogen (secondary N) is 2. The zero-order valence-corrected chi connectivity index (χ0v) is 17.1. The highest BCUT2D eigenvalue weighted by atomic mass is 35.5. The van der Waals surface area contributed by atoms with E-state index in [4.69, 9.17) is 21.1 Å². The van der Waals surface area contributed by atoms with Crippen LogP contribution in [0.4, 0.5) is 0 Å². The van der Waals surface area contributed by atoms with Crippen molar-refractivity contribution in [3.8, 4) is 11.5 Å². The molecule has 150 valence electrons. The second-order valence-corrected chi connectivity index (χ2v) is 6.44. The number of amides is 2. The lowest BCUT2D eigenvalue weighted by Gasteiger charge is -2.15. The third-order valence-electron chi connectivity index (χ3n) is 3.89. The standard InChI is InChI=1S/C21H25ClN2O4/c1-4-9-28-19-17(22)11-16(12-18(19)27-5-2)21(26)24-13-14-7-6-8-15(10-14)20(25)23-3/h6-8,10-12H,4-5,9,13H2,1-3H3,(H,23,25)(H,24,26). The fourth-order valence-electron chi connectivity index (χ4n) is 2.56. The van der Waals surface area contributed by atoms with E-state index in [0.717, 1.165) is 12.0 Å². The third-order valence-corrected chi connectivity index (χ3v) is 4.17. The Morgan fingerprint density at radius 3 is 2.50 bits per heavy atom. The molecule has 0 aliphatic carbocycles. The Morgan fingerprint density at radius 1 is 1.04 bits per heavy atom. The molecule has 2 aromatic rings. The molecule has 0 spiro atoms. The van der Waals surface area contributed by atoms with E-state index in [1.54, 1.807) is 37.4 Å². The number of ether oxygens (including phenoxy) is 2. The Morgan fingerprint density at radius 2 is 1.82 bits per heavy atom. The summed E-state index contributed by atoms with van der Waals surface area (Å²) in [5.74, 6) is 0.412. The molecule has 0 aromatic heterocycles. The highest BCUT2D eigenvalue weighted by Gasteiger charge is 2.16. The Labute approximate surface area is 170 Å². The van der Waals surface area contributed by atoms with E-state index < -0.39 is 0 Å². The highest BCUT2D eigenvalue weighted by molar-refractivity contribution is 6.32. The zero-order valence-electron chi connectivity index (χ0n) is 16.3. The van der Waals surface area contributed by atoms with Crippen molar-refractivity contribution in [3.63, 3.8) is 0 Å². The van der Waals surface area contributed by atoms with Crippen molar-refractivity contribution in [1.82, 2.24) is 10.6 Å². The van der Waals surface area contributed by atoms with Crippen molar-refractivity contribution >= 4 is 23.4 Å². The van der Waals surface area contributed by atoms with Crippen LogP contribution in [0.15, 0.2) is 36.4 Å². The van der Waals surface area contributed by atoms with Gasteiger partial charge in [-0.25, -0.2) is 0 Å². The van der Waals surface area contributed by atoms with Gasteiger partial charge in [-0.3, -0.25) is 9.59 Å². The van der Waals surface area contributed by atoms with Crippen LogP contribution in [0.25, 0.3) is 0 Å². The first-order valence-electron chi connectivity index (χ1n) is 9.18. The van der Waals surface area contributed by atoms with Crippen LogP contribution < -0.4 is 20.1 Å². The molecule has 0 fully saturated rings. The fraction of sp³-hybridized carbons (Fsp3) is 0.333. The van der Waals surface area contributed by atoms with E-state index in [2.05, 4.69) is 10.6 Å².